The average molecular weight is 399 g/mol. The van der Waals surface area contributed by atoms with Gasteiger partial charge in [0.2, 0.25) is 5.91 Å². The summed E-state index contributed by atoms with van der Waals surface area (Å²) < 4.78 is 0. The quantitative estimate of drug-likeness (QED) is 0.860. The third-order valence-corrected chi connectivity index (χ3v) is 6.57. The summed E-state index contributed by atoms with van der Waals surface area (Å²) in [5.41, 5.74) is 4.83. The first-order valence-electron chi connectivity index (χ1n) is 9.93. The van der Waals surface area contributed by atoms with Crippen LogP contribution in [-0.2, 0) is 11.2 Å². The lowest BCUT2D eigenvalue weighted by molar-refractivity contribution is -0.120. The van der Waals surface area contributed by atoms with E-state index in [1.807, 2.05) is 24.0 Å². The summed E-state index contributed by atoms with van der Waals surface area (Å²) in [5, 5.41) is 3.12. The fourth-order valence-corrected chi connectivity index (χ4v) is 4.78. The third kappa shape index (κ3) is 4.10. The first kappa shape index (κ1) is 19.1. The van der Waals surface area contributed by atoms with Crippen molar-refractivity contribution < 1.29 is 9.59 Å². The van der Waals surface area contributed by atoms with Gasteiger partial charge in [-0.05, 0) is 44.2 Å². The maximum absolute atomic E-state index is 12.9. The predicted molar refractivity (Wildman–Crippen MR) is 111 cm³/mol. The zero-order chi connectivity index (χ0) is 19.5. The van der Waals surface area contributed by atoms with E-state index in [1.54, 1.807) is 5.51 Å². The number of hydrogen-bond acceptors (Lipinski definition) is 5. The normalized spacial score (nSPS) is 18.0. The van der Waals surface area contributed by atoms with Crippen LogP contribution in [0.4, 0.5) is 5.69 Å². The van der Waals surface area contributed by atoms with Crippen LogP contribution >= 0.6 is 11.3 Å². The Morgan fingerprint density at radius 1 is 1.21 bits per heavy atom. The number of nitrogens with zero attached hydrogens (tertiary/aromatic N) is 3. The molecule has 28 heavy (non-hydrogen) atoms. The fraction of sp³-hybridized carbons (Fsp3) is 0.476. The van der Waals surface area contributed by atoms with Crippen LogP contribution in [0.3, 0.4) is 0 Å². The van der Waals surface area contributed by atoms with Gasteiger partial charge in [-0.1, -0.05) is 18.2 Å². The van der Waals surface area contributed by atoms with Gasteiger partial charge < -0.3 is 10.2 Å². The summed E-state index contributed by atoms with van der Waals surface area (Å²) in [6, 6.07) is 8.38. The number of piperidine rings is 1. The van der Waals surface area contributed by atoms with Crippen molar-refractivity contribution in [2.24, 2.45) is 0 Å². The van der Waals surface area contributed by atoms with E-state index in [1.165, 1.54) is 16.9 Å². The smallest absolute Gasteiger partial charge is 0.263 e. The number of anilines is 1. The first-order valence-corrected chi connectivity index (χ1v) is 10.8. The largest absolute Gasteiger partial charge is 0.348 e. The number of carbonyl (C=O) groups is 2. The molecule has 1 N–H and O–H groups in total. The zero-order valence-electron chi connectivity index (χ0n) is 16.2. The van der Waals surface area contributed by atoms with E-state index in [-0.39, 0.29) is 17.9 Å². The number of nitrogens with one attached hydrogen (secondary N) is 1. The molecule has 7 heteroatoms. The second-order valence-corrected chi connectivity index (χ2v) is 8.42. The van der Waals surface area contributed by atoms with E-state index < -0.39 is 0 Å². The van der Waals surface area contributed by atoms with Crippen LogP contribution in [0.5, 0.6) is 0 Å². The molecule has 2 aliphatic heterocycles. The van der Waals surface area contributed by atoms with E-state index in [0.717, 1.165) is 56.7 Å². The predicted octanol–water partition coefficient (Wildman–Crippen LogP) is 2.63. The Bertz CT molecular complexity index is 858. The highest BCUT2D eigenvalue weighted by molar-refractivity contribution is 7.11. The number of amides is 2. The minimum atomic E-state index is -0.0283. The Morgan fingerprint density at radius 3 is 2.75 bits per heavy atom. The molecule has 2 amide bonds. The molecular weight excluding hydrogens is 372 g/mol. The maximum atomic E-state index is 12.9. The Balaban J connectivity index is 1.29. The second-order valence-electron chi connectivity index (χ2n) is 7.57. The molecule has 3 heterocycles. The molecular formula is C21H26N4O2S. The Hall–Kier alpha value is -2.25. The molecule has 0 saturated carbocycles. The van der Waals surface area contributed by atoms with Crippen molar-refractivity contribution in [1.82, 2.24) is 15.2 Å². The monoisotopic (exact) mass is 398 g/mol. The minimum absolute atomic E-state index is 0.0283. The van der Waals surface area contributed by atoms with Gasteiger partial charge in [-0.15, -0.1) is 11.3 Å². The van der Waals surface area contributed by atoms with Gasteiger partial charge in [0, 0.05) is 31.4 Å². The highest BCUT2D eigenvalue weighted by Crippen LogP contribution is 2.27. The van der Waals surface area contributed by atoms with E-state index in [9.17, 15) is 9.59 Å². The van der Waals surface area contributed by atoms with Crippen molar-refractivity contribution in [3.8, 4) is 0 Å². The third-order valence-electron chi connectivity index (χ3n) is 5.64. The molecule has 1 aromatic heterocycles. The molecule has 0 spiro atoms. The van der Waals surface area contributed by atoms with E-state index in [2.05, 4.69) is 27.3 Å². The Morgan fingerprint density at radius 2 is 2.00 bits per heavy atom. The van der Waals surface area contributed by atoms with Crippen LogP contribution in [0.15, 0.2) is 29.8 Å². The highest BCUT2D eigenvalue weighted by atomic mass is 32.1. The van der Waals surface area contributed by atoms with Crippen LogP contribution in [0.2, 0.25) is 0 Å². The van der Waals surface area contributed by atoms with Crippen LogP contribution in [0.25, 0.3) is 0 Å². The first-order chi connectivity index (χ1) is 13.6. The fourth-order valence-electron chi connectivity index (χ4n) is 4.08. The van der Waals surface area contributed by atoms with Gasteiger partial charge in [-0.3, -0.25) is 14.5 Å². The van der Waals surface area contributed by atoms with Crippen molar-refractivity contribution >= 4 is 28.8 Å². The van der Waals surface area contributed by atoms with Crippen molar-refractivity contribution in [2.75, 3.05) is 31.1 Å². The molecule has 6 nitrogen and oxygen atoms in total. The summed E-state index contributed by atoms with van der Waals surface area (Å²) in [4.78, 5) is 34.2. The molecule has 1 fully saturated rings. The molecule has 4 rings (SSSR count). The molecule has 2 aromatic rings. The molecule has 0 bridgehead atoms. The van der Waals surface area contributed by atoms with Crippen LogP contribution in [0.1, 0.15) is 40.2 Å². The molecule has 1 aromatic carbocycles. The lowest BCUT2D eigenvalue weighted by atomic mass is 10.0. The molecule has 2 aliphatic rings. The van der Waals surface area contributed by atoms with Crippen molar-refractivity contribution in [2.45, 2.75) is 38.6 Å². The van der Waals surface area contributed by atoms with Gasteiger partial charge in [-0.25, -0.2) is 4.98 Å². The topological polar surface area (TPSA) is 65.5 Å². The van der Waals surface area contributed by atoms with Crippen LogP contribution < -0.4 is 10.2 Å². The molecule has 0 atom stereocenters. The Labute approximate surface area is 169 Å². The number of rotatable bonds is 4. The summed E-state index contributed by atoms with van der Waals surface area (Å²) in [5.74, 6) is 0.148. The van der Waals surface area contributed by atoms with E-state index >= 15 is 0 Å². The van der Waals surface area contributed by atoms with Crippen molar-refractivity contribution in [3.63, 3.8) is 0 Å². The summed E-state index contributed by atoms with van der Waals surface area (Å²) in [6.45, 7) is 4.76. The summed E-state index contributed by atoms with van der Waals surface area (Å²) in [7, 11) is 0. The standard InChI is InChI=1S/C21H26N4O2S/c1-15-20(28-14-22-15)21(27)23-17-8-11-24(12-9-17)13-19(26)25-10-4-6-16-5-2-3-7-18(16)25/h2-3,5,7,14,17H,4,6,8-13H2,1H3,(H,23,27). The molecule has 0 radical (unpaired) electrons. The molecule has 0 aliphatic carbocycles. The average Bonchev–Trinajstić information content (AvgIpc) is 3.15. The van der Waals surface area contributed by atoms with Crippen LogP contribution in [-0.4, -0.2) is 53.9 Å². The van der Waals surface area contributed by atoms with Gasteiger partial charge in [0.1, 0.15) is 4.88 Å². The van der Waals surface area contributed by atoms with E-state index in [0.29, 0.717) is 11.4 Å². The highest BCUT2D eigenvalue weighted by Gasteiger charge is 2.27. The number of aromatic nitrogens is 1. The van der Waals surface area contributed by atoms with Gasteiger partial charge >= 0.3 is 0 Å². The zero-order valence-corrected chi connectivity index (χ0v) is 17.0. The lowest BCUT2D eigenvalue weighted by Crippen LogP contribution is -2.48. The van der Waals surface area contributed by atoms with E-state index in [4.69, 9.17) is 0 Å². The van der Waals surface area contributed by atoms with Gasteiger partial charge in [0.15, 0.2) is 0 Å². The lowest BCUT2D eigenvalue weighted by Gasteiger charge is -2.35. The molecule has 148 valence electrons. The number of para-hydroxylation sites is 1. The maximum Gasteiger partial charge on any atom is 0.263 e. The number of fused-ring (bicyclic) bond motifs is 1. The number of likely N-dealkylation sites (tertiary alicyclic amines) is 1. The second kappa shape index (κ2) is 8.41. The van der Waals surface area contributed by atoms with Gasteiger partial charge in [-0.2, -0.15) is 0 Å². The number of benzene rings is 1. The minimum Gasteiger partial charge on any atom is -0.348 e. The summed E-state index contributed by atoms with van der Waals surface area (Å²) >= 11 is 1.38. The van der Waals surface area contributed by atoms with Crippen molar-refractivity contribution in [3.05, 3.63) is 45.9 Å². The van der Waals surface area contributed by atoms with Crippen LogP contribution in [0, 0.1) is 6.92 Å². The van der Waals surface area contributed by atoms with Gasteiger partial charge in [0.05, 0.1) is 17.7 Å². The van der Waals surface area contributed by atoms with Gasteiger partial charge in [0.25, 0.3) is 5.91 Å². The molecule has 1 saturated heterocycles. The SMILES string of the molecule is Cc1ncsc1C(=O)NC1CCN(CC(=O)N2CCCc3ccccc32)CC1. The number of hydrogen-bond donors (Lipinski definition) is 1. The van der Waals surface area contributed by atoms with Crippen molar-refractivity contribution in [1.29, 1.82) is 0 Å². The number of carbonyl (C=O) groups excluding carboxylic acids is 2. The molecule has 0 unspecified atom stereocenters. The number of thiazole rings is 1. The summed E-state index contributed by atoms with van der Waals surface area (Å²) in [6.07, 6.45) is 3.80. The number of aryl methyl sites for hydroxylation is 2. The Kier molecular flexibility index (Phi) is 5.73.